The molecule has 0 saturated heterocycles. The van der Waals surface area contributed by atoms with E-state index in [2.05, 4.69) is 20.7 Å². The zero-order valence-corrected chi connectivity index (χ0v) is 16.8. The summed E-state index contributed by atoms with van der Waals surface area (Å²) >= 11 is 0. The number of hydrogen-bond donors (Lipinski definition) is 2. The number of rotatable bonds is 8. The van der Waals surface area contributed by atoms with Crippen LogP contribution in [0.25, 0.3) is 0 Å². The second-order valence-electron chi connectivity index (χ2n) is 5.28. The molecule has 0 saturated carbocycles. The molecule has 0 aliphatic carbocycles. The fourth-order valence-electron chi connectivity index (χ4n) is 2.31. The Bertz CT molecular complexity index is 618. The molecule has 8 heteroatoms. The molecule has 0 aliphatic heterocycles. The smallest absolute Gasteiger partial charge is 0.191 e. The first-order valence-electron chi connectivity index (χ1n) is 7.93. The van der Waals surface area contributed by atoms with Crippen molar-refractivity contribution in [2.45, 2.75) is 19.1 Å². The second-order valence-corrected chi connectivity index (χ2v) is 5.28. The number of nitrogens with one attached hydrogen (secondary N) is 2. The third-order valence-corrected chi connectivity index (χ3v) is 3.62. The van der Waals surface area contributed by atoms with Gasteiger partial charge >= 0.3 is 0 Å². The third-order valence-electron chi connectivity index (χ3n) is 3.62. The Hall–Kier alpha value is -1.68. The van der Waals surface area contributed by atoms with Crippen LogP contribution in [-0.2, 0) is 11.3 Å². The molecule has 1 aromatic heterocycles. The van der Waals surface area contributed by atoms with Crippen molar-refractivity contribution >= 4 is 29.9 Å². The van der Waals surface area contributed by atoms with Gasteiger partial charge in [0.2, 0.25) is 0 Å². The minimum absolute atomic E-state index is 0. The van der Waals surface area contributed by atoms with Crippen molar-refractivity contribution in [1.82, 2.24) is 20.4 Å². The summed E-state index contributed by atoms with van der Waals surface area (Å²) in [4.78, 5) is 4.19. The van der Waals surface area contributed by atoms with Crippen molar-refractivity contribution in [3.63, 3.8) is 0 Å². The van der Waals surface area contributed by atoms with E-state index in [0.29, 0.717) is 12.5 Å². The molecule has 25 heavy (non-hydrogen) atoms. The third kappa shape index (κ3) is 7.39. The molecule has 0 spiro atoms. The number of guanidine groups is 1. The van der Waals surface area contributed by atoms with Gasteiger partial charge in [-0.15, -0.1) is 24.0 Å². The van der Waals surface area contributed by atoms with Gasteiger partial charge in [-0.2, -0.15) is 5.10 Å². The maximum Gasteiger partial charge on any atom is 0.191 e. The monoisotopic (exact) mass is 461 g/mol. The van der Waals surface area contributed by atoms with Crippen LogP contribution in [0.1, 0.15) is 18.1 Å². The zero-order valence-electron chi connectivity index (χ0n) is 14.5. The number of hydrogen-bond acceptors (Lipinski definition) is 3. The zero-order chi connectivity index (χ0) is 17.2. The molecular weight excluding hydrogens is 436 g/mol. The topological polar surface area (TPSA) is 63.5 Å². The second kappa shape index (κ2) is 11.8. The predicted molar refractivity (Wildman–Crippen MR) is 108 cm³/mol. The van der Waals surface area contributed by atoms with Gasteiger partial charge < -0.3 is 15.4 Å². The van der Waals surface area contributed by atoms with Crippen LogP contribution in [0.4, 0.5) is 4.39 Å². The summed E-state index contributed by atoms with van der Waals surface area (Å²) < 4.78 is 20.4. The molecule has 1 heterocycles. The van der Waals surface area contributed by atoms with Crippen LogP contribution in [-0.4, -0.2) is 43.0 Å². The number of aromatic nitrogens is 2. The van der Waals surface area contributed by atoms with E-state index in [1.54, 1.807) is 32.5 Å². The van der Waals surface area contributed by atoms with Crippen LogP contribution < -0.4 is 10.6 Å². The molecule has 2 rings (SSSR count). The fourth-order valence-corrected chi connectivity index (χ4v) is 2.31. The highest BCUT2D eigenvalue weighted by atomic mass is 127. The van der Waals surface area contributed by atoms with E-state index in [-0.39, 0.29) is 35.9 Å². The molecular formula is C17H25FIN5O. The number of ether oxygens (including phenoxy) is 1. The predicted octanol–water partition coefficient (Wildman–Crippen LogP) is 2.58. The van der Waals surface area contributed by atoms with Gasteiger partial charge in [-0.05, 0) is 30.2 Å². The maximum absolute atomic E-state index is 13.0. The molecule has 6 nitrogen and oxygen atoms in total. The molecule has 0 fully saturated rings. The Balaban J connectivity index is 0.00000312. The normalized spacial score (nSPS) is 12.4. The number of aliphatic imine (C=N–C) groups is 1. The van der Waals surface area contributed by atoms with Gasteiger partial charge in [-0.3, -0.25) is 9.67 Å². The standard InChI is InChI=1S/C17H24FN5O.HI/c1-19-17(20-9-3-11-23-12-4-10-22-23)21-13-16(24-2)14-5-7-15(18)8-6-14;/h4-8,10,12,16H,3,9,11,13H2,1-2H3,(H2,19,20,21);1H. The molecule has 1 unspecified atom stereocenters. The van der Waals surface area contributed by atoms with E-state index in [0.717, 1.165) is 25.1 Å². The lowest BCUT2D eigenvalue weighted by molar-refractivity contribution is 0.106. The Morgan fingerprint density at radius 1 is 1.32 bits per heavy atom. The average molecular weight is 461 g/mol. The molecule has 0 radical (unpaired) electrons. The van der Waals surface area contributed by atoms with E-state index < -0.39 is 0 Å². The van der Waals surface area contributed by atoms with E-state index in [1.807, 2.05) is 16.9 Å². The first-order valence-corrected chi connectivity index (χ1v) is 7.93. The van der Waals surface area contributed by atoms with Gasteiger partial charge in [0.15, 0.2) is 5.96 Å². The number of methoxy groups -OCH3 is 1. The van der Waals surface area contributed by atoms with Crippen LogP contribution in [0.5, 0.6) is 0 Å². The van der Waals surface area contributed by atoms with Gasteiger partial charge in [-0.1, -0.05) is 12.1 Å². The summed E-state index contributed by atoms with van der Waals surface area (Å²) in [6.07, 6.45) is 4.48. The number of nitrogens with zero attached hydrogens (tertiary/aromatic N) is 3. The van der Waals surface area contributed by atoms with Crippen molar-refractivity contribution < 1.29 is 9.13 Å². The highest BCUT2D eigenvalue weighted by molar-refractivity contribution is 14.0. The van der Waals surface area contributed by atoms with Gasteiger partial charge in [-0.25, -0.2) is 4.39 Å². The molecule has 1 aromatic carbocycles. The van der Waals surface area contributed by atoms with Crippen LogP contribution >= 0.6 is 24.0 Å². The van der Waals surface area contributed by atoms with Crippen molar-refractivity contribution in [2.75, 3.05) is 27.2 Å². The van der Waals surface area contributed by atoms with E-state index in [9.17, 15) is 4.39 Å². The first-order chi connectivity index (χ1) is 11.7. The summed E-state index contributed by atoms with van der Waals surface area (Å²) in [6.45, 7) is 2.18. The first kappa shape index (κ1) is 21.4. The van der Waals surface area contributed by atoms with E-state index >= 15 is 0 Å². The lowest BCUT2D eigenvalue weighted by atomic mass is 10.1. The number of halogens is 2. The van der Waals surface area contributed by atoms with Crippen LogP contribution in [0.2, 0.25) is 0 Å². The minimum atomic E-state index is -0.253. The molecule has 0 aliphatic rings. The van der Waals surface area contributed by atoms with E-state index in [4.69, 9.17) is 4.74 Å². The van der Waals surface area contributed by atoms with Crippen molar-refractivity contribution in [2.24, 2.45) is 4.99 Å². The summed E-state index contributed by atoms with van der Waals surface area (Å²) in [6, 6.07) is 8.23. The molecule has 0 bridgehead atoms. The van der Waals surface area contributed by atoms with Gasteiger partial charge in [0.05, 0.1) is 6.10 Å². The SMILES string of the molecule is CN=C(NCCCn1cccn1)NCC(OC)c1ccc(F)cc1.I. The van der Waals surface area contributed by atoms with Crippen molar-refractivity contribution in [1.29, 1.82) is 0 Å². The minimum Gasteiger partial charge on any atom is -0.375 e. The molecule has 1 atom stereocenters. The van der Waals surface area contributed by atoms with Gasteiger partial charge in [0.1, 0.15) is 5.82 Å². The van der Waals surface area contributed by atoms with Crippen molar-refractivity contribution in [3.05, 3.63) is 54.1 Å². The fraction of sp³-hybridized carbons (Fsp3) is 0.412. The Labute approximate surface area is 164 Å². The summed E-state index contributed by atoms with van der Waals surface area (Å²) in [5.74, 6) is 0.454. The van der Waals surface area contributed by atoms with E-state index in [1.165, 1.54) is 12.1 Å². The highest BCUT2D eigenvalue weighted by Gasteiger charge is 2.11. The number of aryl methyl sites for hydroxylation is 1. The van der Waals surface area contributed by atoms with Gasteiger partial charge in [0, 0.05) is 46.2 Å². The summed E-state index contributed by atoms with van der Waals surface area (Å²) in [5.41, 5.74) is 0.917. The average Bonchev–Trinajstić information content (AvgIpc) is 3.12. The maximum atomic E-state index is 13.0. The molecule has 2 N–H and O–H groups in total. The molecule has 138 valence electrons. The largest absolute Gasteiger partial charge is 0.375 e. The lowest BCUT2D eigenvalue weighted by Gasteiger charge is -2.18. The summed E-state index contributed by atoms with van der Waals surface area (Å²) in [7, 11) is 3.36. The Kier molecular flexibility index (Phi) is 10.1. The molecule has 2 aromatic rings. The Morgan fingerprint density at radius 3 is 2.68 bits per heavy atom. The molecule has 0 amide bonds. The highest BCUT2D eigenvalue weighted by Crippen LogP contribution is 2.15. The van der Waals surface area contributed by atoms with Crippen molar-refractivity contribution in [3.8, 4) is 0 Å². The quantitative estimate of drug-likeness (QED) is 0.275. The summed E-state index contributed by atoms with van der Waals surface area (Å²) in [5, 5.41) is 10.6. The van der Waals surface area contributed by atoms with Gasteiger partial charge in [0.25, 0.3) is 0 Å². The van der Waals surface area contributed by atoms with Crippen LogP contribution in [0.3, 0.4) is 0 Å². The number of benzene rings is 1. The van der Waals surface area contributed by atoms with Crippen LogP contribution in [0.15, 0.2) is 47.7 Å². The van der Waals surface area contributed by atoms with Crippen LogP contribution in [0, 0.1) is 5.82 Å². The lowest BCUT2D eigenvalue weighted by Crippen LogP contribution is -2.40. The Morgan fingerprint density at radius 2 is 2.08 bits per heavy atom.